The number of amides is 2. The molecule has 3 N–H and O–H groups in total. The first kappa shape index (κ1) is 15.0. The molecule has 1 aliphatic carbocycles. The fourth-order valence-corrected chi connectivity index (χ4v) is 4.11. The number of carbonyl (C=O) groups is 1. The van der Waals surface area contributed by atoms with Crippen molar-refractivity contribution in [1.82, 2.24) is 19.6 Å². The third kappa shape index (κ3) is 2.72. The van der Waals surface area contributed by atoms with E-state index in [4.69, 9.17) is 5.73 Å². The van der Waals surface area contributed by atoms with Gasteiger partial charge in [0.1, 0.15) is 0 Å². The molecule has 1 aromatic heterocycles. The van der Waals surface area contributed by atoms with Crippen LogP contribution in [0.2, 0.25) is 0 Å². The molecule has 7 heteroatoms. The van der Waals surface area contributed by atoms with Gasteiger partial charge < -0.3 is 20.9 Å². The average molecular weight is 318 g/mol. The summed E-state index contributed by atoms with van der Waals surface area (Å²) in [5.41, 5.74) is 6.95. The number of hydrogen-bond acceptors (Lipinski definition) is 4. The quantitative estimate of drug-likeness (QED) is 0.856. The minimum absolute atomic E-state index is 0.0489. The summed E-state index contributed by atoms with van der Waals surface area (Å²) in [4.78, 5) is 16.6. The number of rotatable bonds is 2. The van der Waals surface area contributed by atoms with Gasteiger partial charge >= 0.3 is 6.03 Å². The summed E-state index contributed by atoms with van der Waals surface area (Å²) in [5.74, 6) is 0.482. The molecule has 0 radical (unpaired) electrons. The highest BCUT2D eigenvalue weighted by Crippen LogP contribution is 2.42. The minimum Gasteiger partial charge on any atom is -0.323 e. The summed E-state index contributed by atoms with van der Waals surface area (Å²) in [7, 11) is 2.15. The van der Waals surface area contributed by atoms with E-state index < -0.39 is 0 Å². The van der Waals surface area contributed by atoms with Crippen LogP contribution in [0.4, 0.5) is 10.5 Å². The number of nitrogens with two attached hydrogens (primary N) is 1. The zero-order chi connectivity index (χ0) is 16.0. The second-order valence-corrected chi connectivity index (χ2v) is 7.52. The molecule has 0 aromatic carbocycles. The molecular formula is C16H26N6O. The van der Waals surface area contributed by atoms with Crippen molar-refractivity contribution >= 4 is 11.7 Å². The van der Waals surface area contributed by atoms with Crippen molar-refractivity contribution in [3.8, 4) is 0 Å². The van der Waals surface area contributed by atoms with Gasteiger partial charge in [-0.2, -0.15) is 5.10 Å². The zero-order valence-corrected chi connectivity index (χ0v) is 13.7. The Morgan fingerprint density at radius 2 is 2.17 bits per heavy atom. The Hall–Kier alpha value is -1.60. The molecule has 2 atom stereocenters. The maximum absolute atomic E-state index is 12.4. The number of anilines is 1. The number of nitrogens with one attached hydrogen (secondary N) is 1. The summed E-state index contributed by atoms with van der Waals surface area (Å²) < 4.78 is 2.00. The molecule has 2 amide bonds. The van der Waals surface area contributed by atoms with Crippen LogP contribution in [0.5, 0.6) is 0 Å². The number of fused-ring (bicyclic) bond motifs is 1. The van der Waals surface area contributed by atoms with E-state index in [1.165, 1.54) is 0 Å². The number of carbonyl (C=O) groups excluding carboxylic acids is 1. The normalized spacial score (nSPS) is 31.7. The van der Waals surface area contributed by atoms with Gasteiger partial charge in [-0.15, -0.1) is 0 Å². The molecule has 0 unspecified atom stereocenters. The van der Waals surface area contributed by atoms with Crippen LogP contribution >= 0.6 is 0 Å². The number of urea groups is 1. The molecule has 0 bridgehead atoms. The molecule has 1 aromatic rings. The maximum Gasteiger partial charge on any atom is 0.322 e. The molecule has 4 rings (SSSR count). The molecule has 0 spiro atoms. The first-order valence-corrected chi connectivity index (χ1v) is 8.61. The molecular weight excluding hydrogens is 292 g/mol. The number of piperidine rings is 1. The van der Waals surface area contributed by atoms with Crippen molar-refractivity contribution in [2.75, 3.05) is 38.5 Å². The fraction of sp³-hybridized carbons (Fsp3) is 0.750. The summed E-state index contributed by atoms with van der Waals surface area (Å²) in [5, 5.41) is 7.42. The highest BCUT2D eigenvalue weighted by Gasteiger charge is 2.51. The SMILES string of the molecule is CN1CCC(n2cc(NC(=O)N3C[C@@H]4CC[C@]4(N)C3)cn2)CC1. The minimum atomic E-state index is -0.129. The van der Waals surface area contributed by atoms with Crippen LogP contribution in [0.3, 0.4) is 0 Å². The van der Waals surface area contributed by atoms with E-state index in [9.17, 15) is 4.79 Å². The van der Waals surface area contributed by atoms with E-state index in [-0.39, 0.29) is 11.6 Å². The van der Waals surface area contributed by atoms with Gasteiger partial charge in [-0.05, 0) is 51.7 Å². The van der Waals surface area contributed by atoms with Gasteiger partial charge in [0.05, 0.1) is 17.9 Å². The van der Waals surface area contributed by atoms with Crippen molar-refractivity contribution < 1.29 is 4.79 Å². The molecule has 2 aliphatic heterocycles. The molecule has 3 fully saturated rings. The van der Waals surface area contributed by atoms with Gasteiger partial charge in [0.2, 0.25) is 0 Å². The van der Waals surface area contributed by atoms with Crippen molar-refractivity contribution in [2.24, 2.45) is 11.7 Å². The zero-order valence-electron chi connectivity index (χ0n) is 13.7. The summed E-state index contributed by atoms with van der Waals surface area (Å²) in [6, 6.07) is 0.388. The number of nitrogens with zero attached hydrogens (tertiary/aromatic N) is 4. The van der Waals surface area contributed by atoms with E-state index in [0.717, 1.165) is 51.0 Å². The largest absolute Gasteiger partial charge is 0.323 e. The molecule has 1 saturated carbocycles. The molecule has 2 saturated heterocycles. The van der Waals surface area contributed by atoms with Crippen molar-refractivity contribution in [2.45, 2.75) is 37.3 Å². The maximum atomic E-state index is 12.4. The smallest absolute Gasteiger partial charge is 0.322 e. The van der Waals surface area contributed by atoms with Gasteiger partial charge in [-0.3, -0.25) is 4.68 Å². The highest BCUT2D eigenvalue weighted by molar-refractivity contribution is 5.89. The third-order valence-corrected chi connectivity index (χ3v) is 5.90. The van der Waals surface area contributed by atoms with E-state index in [0.29, 0.717) is 18.5 Å². The molecule has 23 heavy (non-hydrogen) atoms. The Kier molecular flexibility index (Phi) is 3.57. The van der Waals surface area contributed by atoms with Gasteiger partial charge in [0.15, 0.2) is 0 Å². The molecule has 3 aliphatic rings. The predicted molar refractivity (Wildman–Crippen MR) is 88.2 cm³/mol. The Balaban J connectivity index is 1.35. The second kappa shape index (κ2) is 5.49. The summed E-state index contributed by atoms with van der Waals surface area (Å²) in [6.07, 6.45) is 8.10. The van der Waals surface area contributed by atoms with Gasteiger partial charge in [-0.25, -0.2) is 4.79 Å². The molecule has 7 nitrogen and oxygen atoms in total. The first-order valence-electron chi connectivity index (χ1n) is 8.61. The van der Waals surface area contributed by atoms with Gasteiger partial charge in [-0.1, -0.05) is 0 Å². The Morgan fingerprint density at radius 1 is 1.39 bits per heavy atom. The van der Waals surface area contributed by atoms with Crippen LogP contribution in [0, 0.1) is 5.92 Å². The Labute approximate surface area is 136 Å². The van der Waals surface area contributed by atoms with Crippen molar-refractivity contribution in [3.63, 3.8) is 0 Å². The topological polar surface area (TPSA) is 79.4 Å². The number of hydrogen-bond donors (Lipinski definition) is 2. The Morgan fingerprint density at radius 3 is 2.78 bits per heavy atom. The van der Waals surface area contributed by atoms with Crippen LogP contribution in [0.1, 0.15) is 31.7 Å². The van der Waals surface area contributed by atoms with E-state index in [1.54, 1.807) is 6.20 Å². The lowest BCUT2D eigenvalue weighted by atomic mass is 9.70. The highest BCUT2D eigenvalue weighted by atomic mass is 16.2. The average Bonchev–Trinajstić information content (AvgIpc) is 3.07. The van der Waals surface area contributed by atoms with Gasteiger partial charge in [0, 0.05) is 24.8 Å². The van der Waals surface area contributed by atoms with Crippen LogP contribution in [0.15, 0.2) is 12.4 Å². The van der Waals surface area contributed by atoms with Crippen LogP contribution in [-0.2, 0) is 0 Å². The lowest BCUT2D eigenvalue weighted by Crippen LogP contribution is -2.54. The van der Waals surface area contributed by atoms with Crippen molar-refractivity contribution in [1.29, 1.82) is 0 Å². The number of likely N-dealkylation sites (tertiary alicyclic amines) is 2. The molecule has 3 heterocycles. The van der Waals surface area contributed by atoms with Crippen LogP contribution in [-0.4, -0.2) is 64.4 Å². The van der Waals surface area contributed by atoms with E-state index in [2.05, 4.69) is 22.4 Å². The standard InChI is InChI=1S/C16H26N6O/c1-20-6-3-14(4-7-20)22-10-13(8-18-22)19-15(23)21-9-12-2-5-16(12,17)11-21/h8,10,12,14H,2-7,9,11,17H2,1H3,(H,19,23)/t12-,16-/m0/s1. The van der Waals surface area contributed by atoms with E-state index in [1.807, 2.05) is 15.8 Å². The van der Waals surface area contributed by atoms with Gasteiger partial charge in [0.25, 0.3) is 0 Å². The first-order chi connectivity index (χ1) is 11.0. The summed E-state index contributed by atoms with van der Waals surface area (Å²) >= 11 is 0. The lowest BCUT2D eigenvalue weighted by molar-refractivity contribution is 0.188. The van der Waals surface area contributed by atoms with Crippen molar-refractivity contribution in [3.05, 3.63) is 12.4 Å². The predicted octanol–water partition coefficient (Wildman–Crippen LogP) is 1.10. The second-order valence-electron chi connectivity index (χ2n) is 7.52. The van der Waals surface area contributed by atoms with Crippen LogP contribution < -0.4 is 11.1 Å². The van der Waals surface area contributed by atoms with E-state index >= 15 is 0 Å². The summed E-state index contributed by atoms with van der Waals surface area (Å²) in [6.45, 7) is 3.65. The number of aromatic nitrogens is 2. The third-order valence-electron chi connectivity index (χ3n) is 5.90. The Bertz CT molecular complexity index is 593. The fourth-order valence-electron chi connectivity index (χ4n) is 4.11. The lowest BCUT2D eigenvalue weighted by Gasteiger charge is -2.39. The molecule has 126 valence electrons. The monoisotopic (exact) mass is 318 g/mol. The van der Waals surface area contributed by atoms with Crippen LogP contribution in [0.25, 0.3) is 0 Å².